The van der Waals surface area contributed by atoms with Crippen LogP contribution in [-0.4, -0.2) is 4.79 Å². The maximum absolute atomic E-state index is 4.92. The van der Waals surface area contributed by atoms with Gasteiger partial charge in [-0.25, -0.2) is 0 Å². The standard InChI is InChI=1S/C8H8.CH2BrCl/c1-2-8-6-4-3-5-7-8;2-1-3/h2-7H,1H2;1H2. The Bertz CT molecular complexity index is 184. The molecule has 2 heteroatoms. The van der Waals surface area contributed by atoms with Crippen LogP contribution in [0.4, 0.5) is 0 Å². The Morgan fingerprint density at radius 1 is 1.36 bits per heavy atom. The average molecular weight is 234 g/mol. The molecule has 11 heavy (non-hydrogen) atoms. The third-order valence-electron chi connectivity index (χ3n) is 1.04. The van der Waals surface area contributed by atoms with E-state index in [0.29, 0.717) is 4.79 Å². The van der Waals surface area contributed by atoms with Gasteiger partial charge in [0, 0.05) is 0 Å². The van der Waals surface area contributed by atoms with Crippen LogP contribution in [0.1, 0.15) is 5.56 Å². The number of hydrogen-bond acceptors (Lipinski definition) is 0. The van der Waals surface area contributed by atoms with E-state index in [9.17, 15) is 0 Å². The first kappa shape index (κ1) is 10.7. The van der Waals surface area contributed by atoms with Crippen molar-refractivity contribution in [3.8, 4) is 0 Å². The molecule has 0 aliphatic heterocycles. The first-order chi connectivity index (χ1) is 5.35. The Balaban J connectivity index is 0.000000292. The van der Waals surface area contributed by atoms with Crippen molar-refractivity contribution < 1.29 is 0 Å². The Morgan fingerprint density at radius 2 is 1.82 bits per heavy atom. The van der Waals surface area contributed by atoms with Gasteiger partial charge in [-0.2, -0.15) is 0 Å². The molecule has 1 aromatic rings. The molecule has 0 N–H and O–H groups in total. The first-order valence-electron chi connectivity index (χ1n) is 3.14. The second kappa shape index (κ2) is 7.83. The average Bonchev–Trinajstić information content (AvgIpc) is 2.08. The van der Waals surface area contributed by atoms with Gasteiger partial charge >= 0.3 is 0 Å². The fourth-order valence-corrected chi connectivity index (χ4v) is 0.589. The fourth-order valence-electron chi connectivity index (χ4n) is 0.589. The van der Waals surface area contributed by atoms with Crippen molar-refractivity contribution >= 4 is 33.6 Å². The summed E-state index contributed by atoms with van der Waals surface area (Å²) in [6.07, 6.45) is 1.83. The molecule has 0 saturated heterocycles. The Kier molecular flexibility index (Phi) is 7.64. The highest BCUT2D eigenvalue weighted by Gasteiger charge is 1.75. The first-order valence-corrected chi connectivity index (χ1v) is 4.80. The Morgan fingerprint density at radius 3 is 2.09 bits per heavy atom. The van der Waals surface area contributed by atoms with Gasteiger partial charge in [-0.05, 0) is 5.56 Å². The van der Waals surface area contributed by atoms with E-state index in [1.165, 1.54) is 5.56 Å². The summed E-state index contributed by atoms with van der Waals surface area (Å²) < 4.78 is 0. The highest BCUT2D eigenvalue weighted by Crippen LogP contribution is 1.97. The van der Waals surface area contributed by atoms with E-state index in [0.717, 1.165) is 0 Å². The lowest BCUT2D eigenvalue weighted by atomic mass is 10.2. The summed E-state index contributed by atoms with van der Waals surface area (Å²) in [7, 11) is 0. The number of rotatable bonds is 1. The summed E-state index contributed by atoms with van der Waals surface area (Å²) in [5.41, 5.74) is 1.17. The highest BCUT2D eigenvalue weighted by molar-refractivity contribution is 9.09. The van der Waals surface area contributed by atoms with Gasteiger partial charge in [-0.1, -0.05) is 58.9 Å². The van der Waals surface area contributed by atoms with E-state index in [4.69, 9.17) is 11.6 Å². The lowest BCUT2D eigenvalue weighted by Gasteiger charge is -1.85. The molecule has 0 atom stereocenters. The molecule has 0 aliphatic carbocycles. The summed E-state index contributed by atoms with van der Waals surface area (Å²) >= 11 is 7.83. The molecule has 0 fully saturated rings. The topological polar surface area (TPSA) is 0 Å². The summed E-state index contributed by atoms with van der Waals surface area (Å²) in [5, 5.41) is 0. The second-order valence-corrected chi connectivity index (χ2v) is 3.19. The van der Waals surface area contributed by atoms with Gasteiger partial charge < -0.3 is 0 Å². The van der Waals surface area contributed by atoms with Gasteiger partial charge in [0.15, 0.2) is 0 Å². The molecule has 0 heterocycles. The molecule has 1 rings (SSSR count). The maximum atomic E-state index is 4.92. The van der Waals surface area contributed by atoms with Crippen molar-refractivity contribution in [3.63, 3.8) is 0 Å². The number of hydrogen-bond donors (Lipinski definition) is 0. The van der Waals surface area contributed by atoms with E-state index in [2.05, 4.69) is 22.5 Å². The third-order valence-corrected chi connectivity index (χ3v) is 1.04. The van der Waals surface area contributed by atoms with Crippen LogP contribution in [0, 0.1) is 0 Å². The summed E-state index contributed by atoms with van der Waals surface area (Å²) in [4.78, 5) is 0.535. The van der Waals surface area contributed by atoms with Crippen LogP contribution < -0.4 is 0 Å². The van der Waals surface area contributed by atoms with Crippen LogP contribution in [0.3, 0.4) is 0 Å². The van der Waals surface area contributed by atoms with Crippen LogP contribution in [0.25, 0.3) is 6.08 Å². The van der Waals surface area contributed by atoms with Gasteiger partial charge in [-0.15, -0.1) is 11.6 Å². The van der Waals surface area contributed by atoms with Crippen molar-refractivity contribution in [1.29, 1.82) is 0 Å². The molecule has 60 valence electrons. The zero-order valence-electron chi connectivity index (χ0n) is 6.13. The Labute approximate surface area is 81.0 Å². The summed E-state index contributed by atoms with van der Waals surface area (Å²) in [5.74, 6) is 0. The van der Waals surface area contributed by atoms with Crippen LogP contribution in [0.2, 0.25) is 0 Å². The molecular weight excluding hydrogens is 223 g/mol. The maximum Gasteiger partial charge on any atom is 0.0778 e. The van der Waals surface area contributed by atoms with Crippen LogP contribution in [0.15, 0.2) is 36.9 Å². The van der Waals surface area contributed by atoms with E-state index in [1.807, 2.05) is 36.4 Å². The molecule has 1 aromatic carbocycles. The largest absolute Gasteiger partial charge is 0.114 e. The monoisotopic (exact) mass is 232 g/mol. The van der Waals surface area contributed by atoms with E-state index < -0.39 is 0 Å². The molecule has 0 bridgehead atoms. The van der Waals surface area contributed by atoms with E-state index in [-0.39, 0.29) is 0 Å². The molecule has 0 radical (unpaired) electrons. The van der Waals surface area contributed by atoms with E-state index >= 15 is 0 Å². The van der Waals surface area contributed by atoms with Crippen molar-refractivity contribution in [2.75, 3.05) is 4.79 Å². The fraction of sp³-hybridized carbons (Fsp3) is 0.111. The van der Waals surface area contributed by atoms with Gasteiger partial charge in [0.1, 0.15) is 0 Å². The molecule has 0 unspecified atom stereocenters. The highest BCUT2D eigenvalue weighted by atomic mass is 79.9. The molecule has 0 saturated carbocycles. The van der Waals surface area contributed by atoms with Crippen molar-refractivity contribution in [1.82, 2.24) is 0 Å². The Hall–Kier alpha value is -0.270. The lowest BCUT2D eigenvalue weighted by molar-refractivity contribution is 1.67. The summed E-state index contributed by atoms with van der Waals surface area (Å²) in [6.45, 7) is 3.63. The van der Waals surface area contributed by atoms with Gasteiger partial charge in [0.05, 0.1) is 4.79 Å². The predicted molar refractivity (Wildman–Crippen MR) is 56.2 cm³/mol. The zero-order valence-corrected chi connectivity index (χ0v) is 8.48. The molecule has 0 amide bonds. The number of benzene rings is 1. The molecular formula is C9H10BrCl. The minimum atomic E-state index is 0.535. The SMILES string of the molecule is C=Cc1ccccc1.ClCBr. The minimum absolute atomic E-state index is 0.535. The summed E-state index contributed by atoms with van der Waals surface area (Å²) in [6, 6.07) is 10.0. The number of halogens is 2. The van der Waals surface area contributed by atoms with Crippen molar-refractivity contribution in [2.45, 2.75) is 0 Å². The third kappa shape index (κ3) is 6.14. The van der Waals surface area contributed by atoms with Gasteiger partial charge in [0.2, 0.25) is 0 Å². The molecule has 0 spiro atoms. The van der Waals surface area contributed by atoms with Crippen LogP contribution in [-0.2, 0) is 0 Å². The van der Waals surface area contributed by atoms with Crippen molar-refractivity contribution in [2.24, 2.45) is 0 Å². The minimum Gasteiger partial charge on any atom is -0.114 e. The predicted octanol–water partition coefficient (Wildman–Crippen LogP) is 3.91. The van der Waals surface area contributed by atoms with Crippen molar-refractivity contribution in [3.05, 3.63) is 42.5 Å². The molecule has 0 nitrogen and oxygen atoms in total. The van der Waals surface area contributed by atoms with E-state index in [1.54, 1.807) is 0 Å². The normalized spacial score (nSPS) is 7.82. The van der Waals surface area contributed by atoms with Gasteiger partial charge in [-0.3, -0.25) is 0 Å². The lowest BCUT2D eigenvalue weighted by Crippen LogP contribution is -1.63. The quantitative estimate of drug-likeness (QED) is 0.645. The molecule has 0 aliphatic rings. The smallest absolute Gasteiger partial charge is 0.0778 e. The second-order valence-electron chi connectivity index (χ2n) is 1.72. The van der Waals surface area contributed by atoms with Crippen LogP contribution >= 0.6 is 27.5 Å². The molecule has 0 aromatic heterocycles. The van der Waals surface area contributed by atoms with Crippen LogP contribution in [0.5, 0.6) is 0 Å². The zero-order chi connectivity index (χ0) is 8.53. The van der Waals surface area contributed by atoms with Gasteiger partial charge in [0.25, 0.3) is 0 Å². The number of alkyl halides is 2.